The van der Waals surface area contributed by atoms with Gasteiger partial charge in [0.25, 0.3) is 0 Å². The number of aromatic nitrogens is 1. The fourth-order valence-corrected chi connectivity index (χ4v) is 2.75. The van der Waals surface area contributed by atoms with Crippen LogP contribution in [0.2, 0.25) is 0 Å². The quantitative estimate of drug-likeness (QED) is 0.826. The molecule has 0 aliphatic rings. The molecule has 2 unspecified atom stereocenters. The van der Waals surface area contributed by atoms with E-state index >= 15 is 0 Å². The average Bonchev–Trinajstić information content (AvgIpc) is 2.54. The third-order valence-corrected chi connectivity index (χ3v) is 4.35. The molecule has 0 bridgehead atoms. The number of hydrogen-bond donors (Lipinski definition) is 1. The van der Waals surface area contributed by atoms with E-state index in [0.717, 1.165) is 19.5 Å². The Balaban J connectivity index is 2.47. The largest absolute Gasteiger partial charge is 0.317 e. The van der Waals surface area contributed by atoms with Crippen LogP contribution < -0.4 is 5.32 Å². The lowest BCUT2D eigenvalue weighted by molar-refractivity contribution is 0.368. The van der Waals surface area contributed by atoms with E-state index in [2.05, 4.69) is 44.9 Å². The first-order valence-electron chi connectivity index (χ1n) is 6.18. The normalized spacial score (nSPS) is 15.1. The van der Waals surface area contributed by atoms with Crippen LogP contribution in [-0.2, 0) is 6.42 Å². The van der Waals surface area contributed by atoms with Crippen molar-refractivity contribution in [3.63, 3.8) is 0 Å². The molecule has 1 aromatic rings. The summed E-state index contributed by atoms with van der Waals surface area (Å²) >= 11 is 1.85. The average molecular weight is 240 g/mol. The minimum Gasteiger partial charge on any atom is -0.317 e. The molecule has 1 aromatic heterocycles. The van der Waals surface area contributed by atoms with Gasteiger partial charge in [0.05, 0.1) is 10.7 Å². The highest BCUT2D eigenvalue weighted by Gasteiger charge is 2.14. The van der Waals surface area contributed by atoms with Crippen LogP contribution in [0, 0.1) is 25.7 Å². The highest BCUT2D eigenvalue weighted by Crippen LogP contribution is 2.22. The second kappa shape index (κ2) is 6.36. The molecule has 1 rings (SSSR count). The van der Waals surface area contributed by atoms with Gasteiger partial charge in [-0.15, -0.1) is 11.3 Å². The van der Waals surface area contributed by atoms with E-state index in [4.69, 9.17) is 0 Å². The van der Waals surface area contributed by atoms with Gasteiger partial charge in [0.1, 0.15) is 0 Å². The fourth-order valence-electron chi connectivity index (χ4n) is 1.68. The van der Waals surface area contributed by atoms with Gasteiger partial charge in [-0.25, -0.2) is 4.98 Å². The van der Waals surface area contributed by atoms with Crippen molar-refractivity contribution in [1.29, 1.82) is 0 Å². The maximum absolute atomic E-state index is 4.61. The molecule has 0 aliphatic heterocycles. The number of hydrogen-bond acceptors (Lipinski definition) is 3. The Morgan fingerprint density at radius 1 is 1.25 bits per heavy atom. The molecule has 1 heterocycles. The molecule has 2 atom stereocenters. The molecular formula is C13H24N2S. The van der Waals surface area contributed by atoms with Crippen molar-refractivity contribution in [2.45, 2.75) is 41.0 Å². The van der Waals surface area contributed by atoms with Gasteiger partial charge in [0.15, 0.2) is 0 Å². The minimum atomic E-state index is 0.698. The van der Waals surface area contributed by atoms with Gasteiger partial charge in [-0.3, -0.25) is 0 Å². The van der Waals surface area contributed by atoms with Crippen molar-refractivity contribution in [3.05, 3.63) is 15.6 Å². The van der Waals surface area contributed by atoms with E-state index in [0.29, 0.717) is 11.8 Å². The predicted octanol–water partition coefficient (Wildman–Crippen LogP) is 3.18. The van der Waals surface area contributed by atoms with E-state index in [1.54, 1.807) is 0 Å². The molecule has 0 amide bonds. The summed E-state index contributed by atoms with van der Waals surface area (Å²) in [6.07, 6.45) is 1.12. The van der Waals surface area contributed by atoms with Gasteiger partial charge < -0.3 is 5.32 Å². The van der Waals surface area contributed by atoms with E-state index in [1.165, 1.54) is 15.6 Å². The second-order valence-electron chi connectivity index (χ2n) is 4.72. The van der Waals surface area contributed by atoms with Crippen molar-refractivity contribution in [2.75, 3.05) is 13.1 Å². The minimum absolute atomic E-state index is 0.698. The van der Waals surface area contributed by atoms with Gasteiger partial charge in [-0.1, -0.05) is 20.8 Å². The maximum atomic E-state index is 4.61. The summed E-state index contributed by atoms with van der Waals surface area (Å²) < 4.78 is 0. The SMILES string of the molecule is CCNCC(C)C(C)Cc1nc(C)c(C)s1. The molecule has 3 heteroatoms. The second-order valence-corrected chi connectivity index (χ2v) is 6.00. The van der Waals surface area contributed by atoms with Crippen molar-refractivity contribution in [3.8, 4) is 0 Å². The molecule has 0 aromatic carbocycles. The molecule has 92 valence electrons. The molecular weight excluding hydrogens is 216 g/mol. The Bertz CT molecular complexity index is 300. The third kappa shape index (κ3) is 3.87. The van der Waals surface area contributed by atoms with E-state index < -0.39 is 0 Å². The summed E-state index contributed by atoms with van der Waals surface area (Å²) in [5.74, 6) is 1.41. The molecule has 0 spiro atoms. The summed E-state index contributed by atoms with van der Waals surface area (Å²) in [7, 11) is 0. The van der Waals surface area contributed by atoms with Crippen molar-refractivity contribution in [2.24, 2.45) is 11.8 Å². The molecule has 0 saturated carbocycles. The summed E-state index contributed by atoms with van der Waals surface area (Å²) in [6.45, 7) is 13.2. The topological polar surface area (TPSA) is 24.9 Å². The lowest BCUT2D eigenvalue weighted by atomic mass is 9.93. The lowest BCUT2D eigenvalue weighted by Gasteiger charge is -2.18. The number of rotatable bonds is 6. The number of aryl methyl sites for hydroxylation is 2. The molecule has 2 nitrogen and oxygen atoms in total. The maximum Gasteiger partial charge on any atom is 0.0933 e. The molecule has 0 fully saturated rings. The van der Waals surface area contributed by atoms with Crippen molar-refractivity contribution < 1.29 is 0 Å². The van der Waals surface area contributed by atoms with Crippen LogP contribution in [-0.4, -0.2) is 18.1 Å². The Morgan fingerprint density at radius 3 is 2.44 bits per heavy atom. The zero-order valence-corrected chi connectivity index (χ0v) is 11.9. The Labute approximate surface area is 103 Å². The van der Waals surface area contributed by atoms with Crippen molar-refractivity contribution in [1.82, 2.24) is 10.3 Å². The van der Waals surface area contributed by atoms with Crippen LogP contribution in [0.15, 0.2) is 0 Å². The van der Waals surface area contributed by atoms with Crippen molar-refractivity contribution >= 4 is 11.3 Å². The monoisotopic (exact) mass is 240 g/mol. The molecule has 0 saturated heterocycles. The summed E-state index contributed by atoms with van der Waals surface area (Å²) in [5.41, 5.74) is 1.20. The standard InChI is InChI=1S/C13H24N2S/c1-6-14-8-10(3)9(2)7-13-15-11(4)12(5)16-13/h9-10,14H,6-8H2,1-5H3. The highest BCUT2D eigenvalue weighted by atomic mass is 32.1. The predicted molar refractivity (Wildman–Crippen MR) is 72.2 cm³/mol. The van der Waals surface area contributed by atoms with Gasteiger partial charge in [0.2, 0.25) is 0 Å². The smallest absolute Gasteiger partial charge is 0.0933 e. The lowest BCUT2D eigenvalue weighted by Crippen LogP contribution is -2.25. The molecule has 1 N–H and O–H groups in total. The fraction of sp³-hybridized carbons (Fsp3) is 0.769. The van der Waals surface area contributed by atoms with Gasteiger partial charge in [-0.05, 0) is 38.8 Å². The first kappa shape index (κ1) is 13.7. The zero-order chi connectivity index (χ0) is 12.1. The Morgan fingerprint density at radius 2 is 1.94 bits per heavy atom. The Kier molecular flexibility index (Phi) is 5.42. The number of nitrogens with zero attached hydrogens (tertiary/aromatic N) is 1. The number of nitrogens with one attached hydrogen (secondary N) is 1. The summed E-state index contributed by atoms with van der Waals surface area (Å²) in [5, 5.41) is 4.71. The Hall–Kier alpha value is -0.410. The summed E-state index contributed by atoms with van der Waals surface area (Å²) in [4.78, 5) is 5.97. The highest BCUT2D eigenvalue weighted by molar-refractivity contribution is 7.11. The first-order chi connectivity index (χ1) is 7.54. The third-order valence-electron chi connectivity index (χ3n) is 3.26. The van der Waals surface area contributed by atoms with Crippen LogP contribution >= 0.6 is 11.3 Å². The van der Waals surface area contributed by atoms with Crippen LogP contribution in [0.4, 0.5) is 0 Å². The van der Waals surface area contributed by atoms with E-state index in [-0.39, 0.29) is 0 Å². The molecule has 0 radical (unpaired) electrons. The first-order valence-corrected chi connectivity index (χ1v) is 6.99. The summed E-state index contributed by atoms with van der Waals surface area (Å²) in [6, 6.07) is 0. The molecule has 0 aliphatic carbocycles. The van der Waals surface area contributed by atoms with E-state index in [9.17, 15) is 0 Å². The zero-order valence-electron chi connectivity index (χ0n) is 11.1. The van der Waals surface area contributed by atoms with Gasteiger partial charge in [-0.2, -0.15) is 0 Å². The van der Waals surface area contributed by atoms with E-state index in [1.807, 2.05) is 11.3 Å². The van der Waals surface area contributed by atoms with Crippen LogP contribution in [0.5, 0.6) is 0 Å². The van der Waals surface area contributed by atoms with Crippen LogP contribution in [0.3, 0.4) is 0 Å². The molecule has 16 heavy (non-hydrogen) atoms. The van der Waals surface area contributed by atoms with Crippen LogP contribution in [0.25, 0.3) is 0 Å². The van der Waals surface area contributed by atoms with Crippen LogP contribution in [0.1, 0.15) is 36.3 Å². The number of thiazole rings is 1. The van der Waals surface area contributed by atoms with Gasteiger partial charge in [0, 0.05) is 11.3 Å². The van der Waals surface area contributed by atoms with Gasteiger partial charge >= 0.3 is 0 Å².